The molecule has 2 rings (SSSR count). The van der Waals surface area contributed by atoms with Gasteiger partial charge >= 0.3 is 0 Å². The van der Waals surface area contributed by atoms with E-state index >= 15 is 0 Å². The normalized spacial score (nSPS) is 22.3. The fourth-order valence-electron chi connectivity index (χ4n) is 2.48. The van der Waals surface area contributed by atoms with Crippen LogP contribution < -0.4 is 10.0 Å². The van der Waals surface area contributed by atoms with Crippen molar-refractivity contribution in [2.75, 3.05) is 26.2 Å². The minimum Gasteiger partial charge on any atom is -0.317 e. The molecule has 0 spiro atoms. The van der Waals surface area contributed by atoms with Gasteiger partial charge in [0.15, 0.2) is 0 Å². The van der Waals surface area contributed by atoms with Gasteiger partial charge in [-0.05, 0) is 50.6 Å². The third-order valence-corrected chi connectivity index (χ3v) is 5.43. The molecular weight excluding hydrogens is 262 g/mol. The van der Waals surface area contributed by atoms with Crippen molar-refractivity contribution in [2.45, 2.75) is 45.6 Å². The Morgan fingerprint density at radius 3 is 2.37 bits per heavy atom. The van der Waals surface area contributed by atoms with E-state index in [9.17, 15) is 8.42 Å². The van der Waals surface area contributed by atoms with Crippen molar-refractivity contribution < 1.29 is 8.42 Å². The standard InChI is InChI=1S/C13H27N3O2S/c1-11(2)9-15-19(17,18)16(13-3-4-13)10-12-5-7-14-8-6-12/h11-15H,3-10H2,1-2H3. The van der Waals surface area contributed by atoms with Crippen molar-refractivity contribution in [1.29, 1.82) is 0 Å². The molecule has 0 aromatic rings. The van der Waals surface area contributed by atoms with Gasteiger partial charge in [0, 0.05) is 19.1 Å². The van der Waals surface area contributed by atoms with E-state index in [4.69, 9.17) is 0 Å². The lowest BCUT2D eigenvalue weighted by atomic mass is 9.98. The maximum absolute atomic E-state index is 12.4. The van der Waals surface area contributed by atoms with Gasteiger partial charge in [-0.3, -0.25) is 0 Å². The molecule has 6 heteroatoms. The van der Waals surface area contributed by atoms with Crippen LogP contribution >= 0.6 is 0 Å². The van der Waals surface area contributed by atoms with E-state index in [1.54, 1.807) is 4.31 Å². The number of nitrogens with zero attached hydrogens (tertiary/aromatic N) is 1. The van der Waals surface area contributed by atoms with Gasteiger partial charge in [-0.25, -0.2) is 4.72 Å². The Bertz CT molecular complexity index is 373. The van der Waals surface area contributed by atoms with Crippen LogP contribution in [-0.4, -0.2) is 44.9 Å². The highest BCUT2D eigenvalue weighted by molar-refractivity contribution is 7.87. The first-order valence-electron chi connectivity index (χ1n) is 7.46. The Morgan fingerprint density at radius 1 is 1.21 bits per heavy atom. The molecule has 1 heterocycles. The van der Waals surface area contributed by atoms with Gasteiger partial charge in [0.1, 0.15) is 0 Å². The van der Waals surface area contributed by atoms with Gasteiger partial charge in [-0.1, -0.05) is 13.8 Å². The summed E-state index contributed by atoms with van der Waals surface area (Å²) in [5.74, 6) is 0.854. The molecule has 1 saturated carbocycles. The smallest absolute Gasteiger partial charge is 0.279 e. The summed E-state index contributed by atoms with van der Waals surface area (Å²) < 4.78 is 29.3. The first-order valence-corrected chi connectivity index (χ1v) is 8.90. The lowest BCUT2D eigenvalue weighted by Gasteiger charge is -2.29. The molecule has 1 saturated heterocycles. The van der Waals surface area contributed by atoms with E-state index in [1.807, 2.05) is 13.8 Å². The first kappa shape index (κ1) is 15.2. The second kappa shape index (κ2) is 6.52. The highest BCUT2D eigenvalue weighted by Gasteiger charge is 2.38. The summed E-state index contributed by atoms with van der Waals surface area (Å²) in [6.45, 7) is 7.30. The van der Waals surface area contributed by atoms with E-state index in [0.717, 1.165) is 38.8 Å². The van der Waals surface area contributed by atoms with Crippen molar-refractivity contribution in [3.63, 3.8) is 0 Å². The topological polar surface area (TPSA) is 61.4 Å². The largest absolute Gasteiger partial charge is 0.317 e. The van der Waals surface area contributed by atoms with Gasteiger partial charge in [0.05, 0.1) is 0 Å². The summed E-state index contributed by atoms with van der Waals surface area (Å²) in [7, 11) is -3.29. The summed E-state index contributed by atoms with van der Waals surface area (Å²) in [6, 6.07) is 0.250. The van der Waals surface area contributed by atoms with Crippen LogP contribution in [0.4, 0.5) is 0 Å². The number of nitrogens with one attached hydrogen (secondary N) is 2. The molecule has 0 bridgehead atoms. The van der Waals surface area contributed by atoms with Gasteiger partial charge < -0.3 is 5.32 Å². The maximum atomic E-state index is 12.4. The monoisotopic (exact) mass is 289 g/mol. The van der Waals surface area contributed by atoms with E-state index < -0.39 is 10.2 Å². The van der Waals surface area contributed by atoms with Gasteiger partial charge in [-0.2, -0.15) is 12.7 Å². The highest BCUT2D eigenvalue weighted by Crippen LogP contribution is 2.30. The molecule has 0 amide bonds. The van der Waals surface area contributed by atoms with Crippen molar-refractivity contribution in [1.82, 2.24) is 14.3 Å². The average molecular weight is 289 g/mol. The van der Waals surface area contributed by atoms with Crippen LogP contribution in [0.25, 0.3) is 0 Å². The highest BCUT2D eigenvalue weighted by atomic mass is 32.2. The SMILES string of the molecule is CC(C)CNS(=O)(=O)N(CC1CCNCC1)C1CC1. The van der Waals surface area contributed by atoms with Crippen LogP contribution in [0.3, 0.4) is 0 Å². The van der Waals surface area contributed by atoms with E-state index in [1.165, 1.54) is 0 Å². The van der Waals surface area contributed by atoms with Gasteiger partial charge in [0.25, 0.3) is 10.2 Å². The van der Waals surface area contributed by atoms with Crippen molar-refractivity contribution in [3.05, 3.63) is 0 Å². The number of piperidine rings is 1. The summed E-state index contributed by atoms with van der Waals surface area (Å²) in [5, 5.41) is 3.33. The molecular formula is C13H27N3O2S. The molecule has 2 fully saturated rings. The molecule has 112 valence electrons. The minimum atomic E-state index is -3.29. The Labute approximate surface area is 117 Å². The molecule has 0 atom stereocenters. The Morgan fingerprint density at radius 2 is 1.84 bits per heavy atom. The average Bonchev–Trinajstić information content (AvgIpc) is 3.19. The zero-order valence-electron chi connectivity index (χ0n) is 12.1. The number of hydrogen-bond donors (Lipinski definition) is 2. The molecule has 0 aromatic heterocycles. The summed E-state index contributed by atoms with van der Waals surface area (Å²) >= 11 is 0. The third-order valence-electron chi connectivity index (χ3n) is 3.83. The molecule has 0 aromatic carbocycles. The van der Waals surface area contributed by atoms with E-state index in [2.05, 4.69) is 10.0 Å². The van der Waals surface area contributed by atoms with Crippen molar-refractivity contribution >= 4 is 10.2 Å². The lowest BCUT2D eigenvalue weighted by Crippen LogP contribution is -2.46. The van der Waals surface area contributed by atoms with Crippen LogP contribution in [0.5, 0.6) is 0 Å². The summed E-state index contributed by atoms with van der Waals surface area (Å²) in [4.78, 5) is 0. The van der Waals surface area contributed by atoms with Crippen LogP contribution in [0.1, 0.15) is 39.5 Å². The lowest BCUT2D eigenvalue weighted by molar-refractivity contribution is 0.280. The quantitative estimate of drug-likeness (QED) is 0.733. The molecule has 0 radical (unpaired) electrons. The van der Waals surface area contributed by atoms with Crippen molar-refractivity contribution in [3.8, 4) is 0 Å². The fourth-order valence-corrected chi connectivity index (χ4v) is 4.20. The Hall–Kier alpha value is -0.170. The molecule has 2 N–H and O–H groups in total. The summed E-state index contributed by atoms with van der Waals surface area (Å²) in [6.07, 6.45) is 4.22. The van der Waals surface area contributed by atoms with Crippen LogP contribution in [-0.2, 0) is 10.2 Å². The van der Waals surface area contributed by atoms with E-state index in [0.29, 0.717) is 24.9 Å². The van der Waals surface area contributed by atoms with Crippen LogP contribution in [0.15, 0.2) is 0 Å². The molecule has 1 aliphatic heterocycles. The first-order chi connectivity index (χ1) is 8.99. The Kier molecular flexibility index (Phi) is 5.22. The Balaban J connectivity index is 1.94. The maximum Gasteiger partial charge on any atom is 0.279 e. The predicted molar refractivity (Wildman–Crippen MR) is 77.1 cm³/mol. The summed E-state index contributed by atoms with van der Waals surface area (Å²) in [5.41, 5.74) is 0. The minimum absolute atomic E-state index is 0.250. The molecule has 2 aliphatic rings. The van der Waals surface area contributed by atoms with Gasteiger partial charge in [-0.15, -0.1) is 0 Å². The van der Waals surface area contributed by atoms with Crippen LogP contribution in [0.2, 0.25) is 0 Å². The fraction of sp³-hybridized carbons (Fsp3) is 1.00. The molecule has 19 heavy (non-hydrogen) atoms. The number of rotatable bonds is 7. The zero-order valence-corrected chi connectivity index (χ0v) is 12.9. The van der Waals surface area contributed by atoms with Crippen LogP contribution in [0, 0.1) is 11.8 Å². The number of hydrogen-bond acceptors (Lipinski definition) is 3. The van der Waals surface area contributed by atoms with Gasteiger partial charge in [0.2, 0.25) is 0 Å². The van der Waals surface area contributed by atoms with E-state index in [-0.39, 0.29) is 6.04 Å². The second-order valence-electron chi connectivity index (χ2n) is 6.24. The third kappa shape index (κ3) is 4.70. The predicted octanol–water partition coefficient (Wildman–Crippen LogP) is 0.941. The second-order valence-corrected chi connectivity index (χ2v) is 7.95. The molecule has 1 aliphatic carbocycles. The molecule has 5 nitrogen and oxygen atoms in total. The zero-order chi connectivity index (χ0) is 13.9. The van der Waals surface area contributed by atoms with Crippen molar-refractivity contribution in [2.24, 2.45) is 11.8 Å². The molecule has 0 unspecified atom stereocenters.